The van der Waals surface area contributed by atoms with Crippen LogP contribution in [0.4, 0.5) is 0 Å². The lowest BCUT2D eigenvalue weighted by atomic mass is 9.88. The van der Waals surface area contributed by atoms with E-state index in [-0.39, 0.29) is 0 Å². The van der Waals surface area contributed by atoms with E-state index in [9.17, 15) is 5.11 Å². The molecule has 1 aromatic rings. The maximum Gasteiger partial charge on any atom is 0.185 e. The van der Waals surface area contributed by atoms with Gasteiger partial charge >= 0.3 is 0 Å². The molecule has 2 unspecified atom stereocenters. The van der Waals surface area contributed by atoms with E-state index in [0.717, 1.165) is 29.7 Å². The molecule has 0 fully saturated rings. The maximum atomic E-state index is 13.1. The highest BCUT2D eigenvalue weighted by Gasteiger charge is 2.20. The van der Waals surface area contributed by atoms with Crippen LogP contribution in [0, 0.1) is 0 Å². The van der Waals surface area contributed by atoms with E-state index in [0.29, 0.717) is 17.6 Å². The van der Waals surface area contributed by atoms with E-state index < -0.39 is 0 Å². The van der Waals surface area contributed by atoms with Gasteiger partial charge in [-0.1, -0.05) is 66.7 Å². The average Bonchev–Trinajstić information content (AvgIpc) is 2.58. The van der Waals surface area contributed by atoms with E-state index >= 15 is 0 Å². The molecule has 1 rings (SSSR count). The van der Waals surface area contributed by atoms with E-state index in [1.54, 1.807) is 0 Å². The summed E-state index contributed by atoms with van der Waals surface area (Å²) in [6.45, 7) is 11.1. The van der Waals surface area contributed by atoms with Crippen LogP contribution in [0.15, 0.2) is 17.0 Å². The Bertz CT molecular complexity index is 434. The van der Waals surface area contributed by atoms with Crippen LogP contribution in [0.2, 0.25) is 0 Å². The number of hydrogen-bond acceptors (Lipinski definition) is 1. The Balaban J connectivity index is 3.07. The molecule has 2 heteroatoms. The SMILES string of the molecule is CCCCSc1cc(C(C)CCCC)c([O])c(C(C)CCCC)c1. The van der Waals surface area contributed by atoms with Crippen LogP contribution < -0.4 is 0 Å². The van der Waals surface area contributed by atoms with Gasteiger partial charge in [0.15, 0.2) is 5.75 Å². The number of hydrogen-bond donors (Lipinski definition) is 0. The van der Waals surface area contributed by atoms with Gasteiger partial charge in [-0.05, 0) is 49.0 Å². The first-order valence-electron chi connectivity index (χ1n) is 10.0. The zero-order valence-corrected chi connectivity index (χ0v) is 17.3. The van der Waals surface area contributed by atoms with Gasteiger partial charge in [0.1, 0.15) is 0 Å². The summed E-state index contributed by atoms with van der Waals surface area (Å²) in [6, 6.07) is 4.39. The van der Waals surface area contributed by atoms with E-state index in [1.165, 1.54) is 43.4 Å². The summed E-state index contributed by atoms with van der Waals surface area (Å²) in [5.74, 6) is 2.23. The molecule has 1 nitrogen and oxygen atoms in total. The Morgan fingerprint density at radius 3 is 1.71 bits per heavy atom. The second-order valence-electron chi connectivity index (χ2n) is 7.22. The second kappa shape index (κ2) is 11.8. The first kappa shape index (κ1) is 21.4. The van der Waals surface area contributed by atoms with Crippen molar-refractivity contribution in [1.29, 1.82) is 0 Å². The molecule has 1 radical (unpaired) electrons. The van der Waals surface area contributed by atoms with Crippen molar-refractivity contribution >= 4 is 11.8 Å². The van der Waals surface area contributed by atoms with Crippen molar-refractivity contribution < 1.29 is 5.11 Å². The molecule has 0 saturated carbocycles. The highest BCUT2D eigenvalue weighted by atomic mass is 32.2. The van der Waals surface area contributed by atoms with Gasteiger partial charge in [-0.25, -0.2) is 0 Å². The molecule has 24 heavy (non-hydrogen) atoms. The molecule has 0 saturated heterocycles. The van der Waals surface area contributed by atoms with Crippen LogP contribution in [0.5, 0.6) is 5.75 Å². The number of rotatable bonds is 12. The van der Waals surface area contributed by atoms with Crippen molar-refractivity contribution in [2.45, 2.75) is 103 Å². The molecule has 0 aliphatic carbocycles. The summed E-state index contributed by atoms with van der Waals surface area (Å²) in [4.78, 5) is 1.31. The van der Waals surface area contributed by atoms with E-state index in [2.05, 4.69) is 46.8 Å². The number of benzene rings is 1. The molecule has 0 spiro atoms. The summed E-state index contributed by atoms with van der Waals surface area (Å²) in [5.41, 5.74) is 2.12. The zero-order chi connectivity index (χ0) is 17.9. The molecule has 0 aliphatic heterocycles. The molecular weight excluding hydrogens is 312 g/mol. The predicted molar refractivity (Wildman–Crippen MR) is 108 cm³/mol. The van der Waals surface area contributed by atoms with E-state index in [4.69, 9.17) is 0 Å². The molecule has 1 aromatic carbocycles. The topological polar surface area (TPSA) is 19.9 Å². The Hall–Kier alpha value is -0.630. The first-order valence-corrected chi connectivity index (χ1v) is 11.0. The van der Waals surface area contributed by atoms with Crippen LogP contribution in [-0.4, -0.2) is 5.75 Å². The summed E-state index contributed by atoms with van der Waals surface area (Å²) < 4.78 is 0. The summed E-state index contributed by atoms with van der Waals surface area (Å²) in [6.07, 6.45) is 9.52. The maximum absolute atomic E-state index is 13.1. The van der Waals surface area contributed by atoms with Crippen molar-refractivity contribution in [1.82, 2.24) is 0 Å². The summed E-state index contributed by atoms with van der Waals surface area (Å²) in [5, 5.41) is 13.1. The molecule has 137 valence electrons. The zero-order valence-electron chi connectivity index (χ0n) is 16.5. The van der Waals surface area contributed by atoms with Crippen LogP contribution in [0.3, 0.4) is 0 Å². The Morgan fingerprint density at radius 1 is 0.833 bits per heavy atom. The van der Waals surface area contributed by atoms with Crippen molar-refractivity contribution in [3.8, 4) is 5.75 Å². The lowest BCUT2D eigenvalue weighted by Crippen LogP contribution is -2.01. The molecule has 0 bridgehead atoms. The van der Waals surface area contributed by atoms with Gasteiger partial charge in [-0.3, -0.25) is 5.11 Å². The third-order valence-corrected chi connectivity index (χ3v) is 5.99. The number of thioether (sulfide) groups is 1. The molecule has 0 aliphatic rings. The van der Waals surface area contributed by atoms with Crippen molar-refractivity contribution in [3.63, 3.8) is 0 Å². The third-order valence-electron chi connectivity index (χ3n) is 4.93. The summed E-state index contributed by atoms with van der Waals surface area (Å²) in [7, 11) is 0. The van der Waals surface area contributed by atoms with Crippen molar-refractivity contribution in [2.75, 3.05) is 5.75 Å². The van der Waals surface area contributed by atoms with Crippen LogP contribution in [-0.2, 0) is 5.11 Å². The smallest absolute Gasteiger partial charge is 0.185 e. The normalized spacial score (nSPS) is 13.9. The van der Waals surface area contributed by atoms with Gasteiger partial charge in [0.2, 0.25) is 0 Å². The van der Waals surface area contributed by atoms with Gasteiger partial charge < -0.3 is 0 Å². The number of unbranched alkanes of at least 4 members (excludes halogenated alkanes) is 3. The third kappa shape index (κ3) is 6.70. The van der Waals surface area contributed by atoms with Crippen molar-refractivity contribution in [2.24, 2.45) is 0 Å². The first-order chi connectivity index (χ1) is 11.5. The fraction of sp³-hybridized carbons (Fsp3) is 0.727. The summed E-state index contributed by atoms with van der Waals surface area (Å²) >= 11 is 1.93. The minimum Gasteiger partial charge on any atom is -0.289 e. The minimum absolute atomic E-state index is 0.321. The fourth-order valence-electron chi connectivity index (χ4n) is 3.13. The highest BCUT2D eigenvalue weighted by Crippen LogP contribution is 2.41. The largest absolute Gasteiger partial charge is 0.289 e. The van der Waals surface area contributed by atoms with Gasteiger partial charge in [0.05, 0.1) is 0 Å². The molecule has 2 atom stereocenters. The quantitative estimate of drug-likeness (QED) is 0.274. The van der Waals surface area contributed by atoms with Crippen molar-refractivity contribution in [3.05, 3.63) is 23.3 Å². The lowest BCUT2D eigenvalue weighted by molar-refractivity contribution is 0.337. The standard InChI is InChI=1S/C22H37OS/c1-6-9-12-17(4)20-15-19(24-14-11-8-3)16-21(22(20)23)18(5)13-10-7-2/h15-18H,6-14H2,1-5H3. The van der Waals surface area contributed by atoms with Gasteiger partial charge in [0, 0.05) is 16.0 Å². The minimum atomic E-state index is 0.321. The molecule has 0 aromatic heterocycles. The Labute approximate surface area is 154 Å². The van der Waals surface area contributed by atoms with E-state index in [1.807, 2.05) is 11.8 Å². The molecule has 0 amide bonds. The van der Waals surface area contributed by atoms with Gasteiger partial charge in [0.25, 0.3) is 0 Å². The fourth-order valence-corrected chi connectivity index (χ4v) is 4.22. The highest BCUT2D eigenvalue weighted by molar-refractivity contribution is 7.99. The molecular formula is C22H37OS. The van der Waals surface area contributed by atoms with Crippen LogP contribution in [0.1, 0.15) is 109 Å². The Morgan fingerprint density at radius 2 is 1.29 bits per heavy atom. The van der Waals surface area contributed by atoms with Crippen LogP contribution in [0.25, 0.3) is 0 Å². The average molecular weight is 350 g/mol. The van der Waals surface area contributed by atoms with Gasteiger partial charge in [-0.2, -0.15) is 0 Å². The Kier molecular flexibility index (Phi) is 10.6. The molecule has 0 N–H and O–H groups in total. The monoisotopic (exact) mass is 349 g/mol. The van der Waals surface area contributed by atoms with Gasteiger partial charge in [-0.15, -0.1) is 11.8 Å². The lowest BCUT2D eigenvalue weighted by Gasteiger charge is -2.19. The van der Waals surface area contributed by atoms with Crippen LogP contribution >= 0.6 is 11.8 Å². The molecule has 0 heterocycles. The predicted octanol–water partition coefficient (Wildman–Crippen LogP) is 8.31. The second-order valence-corrected chi connectivity index (χ2v) is 8.39.